The summed E-state index contributed by atoms with van der Waals surface area (Å²) < 4.78 is 28.9. The Balaban J connectivity index is 1.55. The van der Waals surface area contributed by atoms with E-state index in [2.05, 4.69) is 4.98 Å². The first-order valence-corrected chi connectivity index (χ1v) is 12.3. The van der Waals surface area contributed by atoms with Crippen molar-refractivity contribution in [1.82, 2.24) is 9.88 Å². The van der Waals surface area contributed by atoms with Crippen LogP contribution in [0.2, 0.25) is 0 Å². The monoisotopic (exact) mass is 452 g/mol. The molecular weight excluding hydrogens is 428 g/mol. The number of carbonyl (C=O) groups excluding carboxylic acids is 2. The normalized spacial score (nSPS) is 17.2. The summed E-state index contributed by atoms with van der Waals surface area (Å²) in [6.07, 6.45) is 0.408. The SMILES string of the molecule is CCN(C(=O)COC(=O)c1cc(-c2ccccc2)nc2ccccc12)C1CCS(=O)(=O)C1. The van der Waals surface area contributed by atoms with Crippen LogP contribution in [0.5, 0.6) is 0 Å². The maximum absolute atomic E-state index is 13.0. The second kappa shape index (κ2) is 9.08. The van der Waals surface area contributed by atoms with Crippen LogP contribution in [0.3, 0.4) is 0 Å². The minimum atomic E-state index is -3.12. The highest BCUT2D eigenvalue weighted by molar-refractivity contribution is 7.91. The largest absolute Gasteiger partial charge is 0.452 e. The number of hydrogen-bond donors (Lipinski definition) is 0. The fourth-order valence-corrected chi connectivity index (χ4v) is 5.78. The number of carbonyl (C=O) groups is 2. The van der Waals surface area contributed by atoms with Gasteiger partial charge < -0.3 is 9.64 Å². The molecule has 166 valence electrons. The number of nitrogens with zero attached hydrogens (tertiary/aromatic N) is 2. The molecule has 1 fully saturated rings. The first-order valence-electron chi connectivity index (χ1n) is 10.5. The minimum absolute atomic E-state index is 0.0457. The molecule has 1 aliphatic rings. The van der Waals surface area contributed by atoms with Gasteiger partial charge in [0.15, 0.2) is 16.4 Å². The fourth-order valence-electron chi connectivity index (χ4n) is 4.05. The van der Waals surface area contributed by atoms with Crippen LogP contribution in [0.1, 0.15) is 23.7 Å². The van der Waals surface area contributed by atoms with Crippen molar-refractivity contribution in [3.63, 3.8) is 0 Å². The van der Waals surface area contributed by atoms with Crippen molar-refractivity contribution in [3.8, 4) is 11.3 Å². The molecular formula is C24H24N2O5S. The predicted octanol–water partition coefficient (Wildman–Crippen LogP) is 3.09. The molecule has 1 aliphatic heterocycles. The first-order chi connectivity index (χ1) is 15.4. The molecule has 0 saturated carbocycles. The number of likely N-dealkylation sites (N-methyl/N-ethyl adjacent to an activating group) is 1. The van der Waals surface area contributed by atoms with Crippen LogP contribution in [-0.4, -0.2) is 60.9 Å². The second-order valence-corrected chi connectivity index (χ2v) is 9.98. The lowest BCUT2D eigenvalue weighted by Gasteiger charge is -2.26. The number of para-hydroxylation sites is 1. The van der Waals surface area contributed by atoms with E-state index < -0.39 is 28.3 Å². The molecule has 1 atom stereocenters. The number of fused-ring (bicyclic) bond motifs is 1. The maximum atomic E-state index is 13.0. The van der Waals surface area contributed by atoms with Gasteiger partial charge in [-0.2, -0.15) is 0 Å². The summed E-state index contributed by atoms with van der Waals surface area (Å²) in [6.45, 7) is 1.70. The summed E-state index contributed by atoms with van der Waals surface area (Å²) in [5.74, 6) is -0.989. The lowest BCUT2D eigenvalue weighted by Crippen LogP contribution is -2.43. The Morgan fingerprint density at radius 3 is 2.50 bits per heavy atom. The van der Waals surface area contributed by atoms with Gasteiger partial charge >= 0.3 is 5.97 Å². The van der Waals surface area contributed by atoms with Crippen LogP contribution >= 0.6 is 0 Å². The van der Waals surface area contributed by atoms with Gasteiger partial charge in [0.2, 0.25) is 0 Å². The number of sulfone groups is 1. The van der Waals surface area contributed by atoms with Crippen LogP contribution in [0, 0.1) is 0 Å². The minimum Gasteiger partial charge on any atom is -0.452 e. The molecule has 0 aliphatic carbocycles. The van der Waals surface area contributed by atoms with Gasteiger partial charge in [-0.05, 0) is 25.5 Å². The zero-order valence-electron chi connectivity index (χ0n) is 17.7. The lowest BCUT2D eigenvalue weighted by atomic mass is 10.0. The number of benzene rings is 2. The molecule has 2 aromatic carbocycles. The molecule has 3 aromatic rings. The second-order valence-electron chi connectivity index (χ2n) is 7.75. The molecule has 8 heteroatoms. The topological polar surface area (TPSA) is 93.6 Å². The molecule has 0 radical (unpaired) electrons. The fraction of sp³-hybridized carbons (Fsp3) is 0.292. The zero-order valence-corrected chi connectivity index (χ0v) is 18.5. The van der Waals surface area contributed by atoms with E-state index in [1.807, 2.05) is 48.5 Å². The van der Waals surface area contributed by atoms with Gasteiger partial charge in [0.05, 0.1) is 28.3 Å². The zero-order chi connectivity index (χ0) is 22.7. The van der Waals surface area contributed by atoms with Gasteiger partial charge in [-0.3, -0.25) is 4.79 Å². The predicted molar refractivity (Wildman–Crippen MR) is 122 cm³/mol. The van der Waals surface area contributed by atoms with Crippen molar-refractivity contribution < 1.29 is 22.7 Å². The number of rotatable bonds is 6. The van der Waals surface area contributed by atoms with Crippen molar-refractivity contribution in [2.24, 2.45) is 0 Å². The highest BCUT2D eigenvalue weighted by atomic mass is 32.2. The van der Waals surface area contributed by atoms with Crippen molar-refractivity contribution in [2.45, 2.75) is 19.4 Å². The van der Waals surface area contributed by atoms with Gasteiger partial charge in [0, 0.05) is 23.5 Å². The molecule has 4 rings (SSSR count). The standard InChI is InChI=1S/C24H24N2O5S/c1-2-26(18-12-13-32(29,30)16-18)23(27)15-31-24(28)20-14-22(17-8-4-3-5-9-17)25-21-11-7-6-10-19(20)21/h3-11,14,18H,2,12-13,15-16H2,1H3. The van der Waals surface area contributed by atoms with E-state index in [4.69, 9.17) is 4.74 Å². The van der Waals surface area contributed by atoms with Crippen LogP contribution in [0.4, 0.5) is 0 Å². The maximum Gasteiger partial charge on any atom is 0.339 e. The van der Waals surface area contributed by atoms with Crippen LogP contribution in [-0.2, 0) is 19.4 Å². The average Bonchev–Trinajstić information content (AvgIpc) is 3.16. The summed E-state index contributed by atoms with van der Waals surface area (Å²) in [4.78, 5) is 31.8. The molecule has 0 N–H and O–H groups in total. The first kappa shape index (κ1) is 22.0. The van der Waals surface area contributed by atoms with Gasteiger partial charge in [-0.1, -0.05) is 48.5 Å². The molecule has 1 saturated heterocycles. The number of hydrogen-bond acceptors (Lipinski definition) is 6. The third-order valence-electron chi connectivity index (χ3n) is 5.64. The summed E-state index contributed by atoms with van der Waals surface area (Å²) in [5.41, 5.74) is 2.48. The number of aromatic nitrogens is 1. The Labute approximate surface area is 186 Å². The molecule has 2 heterocycles. The quantitative estimate of drug-likeness (QED) is 0.534. The van der Waals surface area contributed by atoms with Gasteiger partial charge in [0.1, 0.15) is 0 Å². The van der Waals surface area contributed by atoms with E-state index in [0.29, 0.717) is 35.1 Å². The molecule has 0 bridgehead atoms. The Morgan fingerprint density at radius 1 is 1.09 bits per heavy atom. The number of pyridine rings is 1. The number of ether oxygens (including phenoxy) is 1. The lowest BCUT2D eigenvalue weighted by molar-refractivity contribution is -0.136. The van der Waals surface area contributed by atoms with E-state index in [-0.39, 0.29) is 17.5 Å². The summed E-state index contributed by atoms with van der Waals surface area (Å²) in [7, 11) is -3.12. The van der Waals surface area contributed by atoms with Crippen molar-refractivity contribution in [1.29, 1.82) is 0 Å². The highest BCUT2D eigenvalue weighted by Crippen LogP contribution is 2.25. The van der Waals surface area contributed by atoms with Gasteiger partial charge in [-0.25, -0.2) is 18.2 Å². The summed E-state index contributed by atoms with van der Waals surface area (Å²) in [6, 6.07) is 18.1. The Hall–Kier alpha value is -3.26. The Kier molecular flexibility index (Phi) is 6.23. The van der Waals surface area contributed by atoms with E-state index in [9.17, 15) is 18.0 Å². The van der Waals surface area contributed by atoms with Gasteiger partial charge in [-0.15, -0.1) is 0 Å². The third kappa shape index (κ3) is 4.65. The van der Waals surface area contributed by atoms with Crippen molar-refractivity contribution in [3.05, 3.63) is 66.2 Å². The smallest absolute Gasteiger partial charge is 0.339 e. The molecule has 1 aromatic heterocycles. The van der Waals surface area contributed by atoms with Crippen molar-refractivity contribution in [2.75, 3.05) is 24.7 Å². The Bertz CT molecular complexity index is 1260. The Morgan fingerprint density at radius 2 is 1.81 bits per heavy atom. The highest BCUT2D eigenvalue weighted by Gasteiger charge is 2.34. The van der Waals surface area contributed by atoms with Crippen LogP contribution in [0.15, 0.2) is 60.7 Å². The molecule has 0 spiro atoms. The number of amides is 1. The number of esters is 1. The molecule has 1 unspecified atom stereocenters. The van der Waals surface area contributed by atoms with E-state index in [1.165, 1.54) is 4.90 Å². The van der Waals surface area contributed by atoms with Crippen LogP contribution in [0.25, 0.3) is 22.2 Å². The molecule has 7 nitrogen and oxygen atoms in total. The van der Waals surface area contributed by atoms with Gasteiger partial charge in [0.25, 0.3) is 5.91 Å². The van der Waals surface area contributed by atoms with E-state index in [1.54, 1.807) is 19.1 Å². The van der Waals surface area contributed by atoms with E-state index >= 15 is 0 Å². The molecule has 32 heavy (non-hydrogen) atoms. The van der Waals surface area contributed by atoms with Crippen LogP contribution < -0.4 is 0 Å². The third-order valence-corrected chi connectivity index (χ3v) is 7.39. The summed E-state index contributed by atoms with van der Waals surface area (Å²) >= 11 is 0. The summed E-state index contributed by atoms with van der Waals surface area (Å²) in [5, 5.41) is 0.638. The van der Waals surface area contributed by atoms with E-state index in [0.717, 1.165) is 5.56 Å². The molecule has 1 amide bonds. The van der Waals surface area contributed by atoms with Crippen molar-refractivity contribution >= 4 is 32.6 Å². The average molecular weight is 453 g/mol.